The first-order valence-corrected chi connectivity index (χ1v) is 17.1. The number of aryl methyl sites for hydroxylation is 2. The quantitative estimate of drug-likeness (QED) is 0.249. The first-order chi connectivity index (χ1) is 23.3. The van der Waals surface area contributed by atoms with Crippen LogP contribution < -0.4 is 10.2 Å². The summed E-state index contributed by atoms with van der Waals surface area (Å²) in [5, 5.41) is 12.2. The largest absolute Gasteiger partial charge is 0.455 e. The third-order valence-electron chi connectivity index (χ3n) is 10.1. The second-order valence-electron chi connectivity index (χ2n) is 13.2. The summed E-state index contributed by atoms with van der Waals surface area (Å²) in [5.41, 5.74) is 2.01. The monoisotopic (exact) mass is 655 g/mol. The van der Waals surface area contributed by atoms with Crippen LogP contribution in [0.4, 0.5) is 5.69 Å². The highest BCUT2D eigenvalue weighted by Crippen LogP contribution is 2.53. The van der Waals surface area contributed by atoms with Gasteiger partial charge in [-0.05, 0) is 49.8 Å². The Labute approximate surface area is 281 Å². The number of esters is 1. The van der Waals surface area contributed by atoms with E-state index >= 15 is 0 Å². The third-order valence-corrected chi connectivity index (χ3v) is 10.1. The number of ether oxygens (including phenoxy) is 2. The second-order valence-corrected chi connectivity index (χ2v) is 13.2. The Morgan fingerprint density at radius 3 is 2.42 bits per heavy atom. The molecule has 4 aliphatic rings. The first kappa shape index (κ1) is 33.6. The molecule has 6 atom stereocenters. The highest BCUT2D eigenvalue weighted by Gasteiger charge is 2.71. The predicted molar refractivity (Wildman–Crippen MR) is 180 cm³/mol. The second kappa shape index (κ2) is 14.5. The van der Waals surface area contributed by atoms with E-state index in [0.29, 0.717) is 25.8 Å². The van der Waals surface area contributed by atoms with E-state index in [9.17, 15) is 24.3 Å². The van der Waals surface area contributed by atoms with Crippen LogP contribution in [0.5, 0.6) is 0 Å². The lowest BCUT2D eigenvalue weighted by atomic mass is 9.77. The number of nitrogens with one attached hydrogen (secondary N) is 1. The van der Waals surface area contributed by atoms with Gasteiger partial charge in [-0.25, -0.2) is 0 Å². The summed E-state index contributed by atoms with van der Waals surface area (Å²) >= 11 is 0. The van der Waals surface area contributed by atoms with Gasteiger partial charge in [-0.2, -0.15) is 0 Å². The Morgan fingerprint density at radius 2 is 1.67 bits per heavy atom. The van der Waals surface area contributed by atoms with Crippen LogP contribution in [0.2, 0.25) is 0 Å². The van der Waals surface area contributed by atoms with Gasteiger partial charge in [0.15, 0.2) is 0 Å². The number of unbranched alkanes of at least 4 members (excludes halogenated alkanes) is 3. The van der Waals surface area contributed by atoms with Crippen LogP contribution in [-0.4, -0.2) is 77.7 Å². The maximum atomic E-state index is 14.9. The van der Waals surface area contributed by atoms with E-state index in [1.807, 2.05) is 80.6 Å². The minimum absolute atomic E-state index is 0.0893. The van der Waals surface area contributed by atoms with Crippen molar-refractivity contribution in [3.05, 3.63) is 89.5 Å². The number of aliphatic hydroxyl groups excluding tert-OH is 1. The zero-order valence-corrected chi connectivity index (χ0v) is 27.7. The average Bonchev–Trinajstić information content (AvgIpc) is 3.46. The summed E-state index contributed by atoms with van der Waals surface area (Å²) in [6.45, 7) is 4.73. The Kier molecular flexibility index (Phi) is 10.1. The van der Waals surface area contributed by atoms with Crippen molar-refractivity contribution in [2.24, 2.45) is 11.8 Å². The number of cyclic esters (lactones) is 1. The van der Waals surface area contributed by atoms with E-state index in [1.165, 1.54) is 0 Å². The fourth-order valence-electron chi connectivity index (χ4n) is 7.83. The number of anilines is 1. The molecule has 0 unspecified atom stereocenters. The van der Waals surface area contributed by atoms with E-state index < -0.39 is 41.7 Å². The van der Waals surface area contributed by atoms with Gasteiger partial charge in [0.2, 0.25) is 11.8 Å². The molecule has 2 aromatic carbocycles. The zero-order chi connectivity index (χ0) is 33.8. The van der Waals surface area contributed by atoms with Crippen LogP contribution in [-0.2, 0) is 28.7 Å². The van der Waals surface area contributed by atoms with E-state index in [4.69, 9.17) is 9.47 Å². The number of carbonyl (C=O) groups excluding carboxylic acids is 4. The van der Waals surface area contributed by atoms with E-state index in [-0.39, 0.29) is 43.8 Å². The molecule has 10 nitrogen and oxygen atoms in total. The molecule has 1 spiro atoms. The number of benzene rings is 2. The Balaban J connectivity index is 1.41. The highest BCUT2D eigenvalue weighted by atomic mass is 16.6. The van der Waals surface area contributed by atoms with Crippen LogP contribution in [0.3, 0.4) is 0 Å². The molecule has 2 saturated heterocycles. The molecule has 3 amide bonds. The Hall–Kier alpha value is -4.28. The highest BCUT2D eigenvalue weighted by molar-refractivity contribution is 6.06. The molecule has 2 aromatic rings. The maximum absolute atomic E-state index is 14.9. The van der Waals surface area contributed by atoms with Gasteiger partial charge in [0.05, 0.1) is 18.6 Å². The van der Waals surface area contributed by atoms with Crippen molar-refractivity contribution in [1.29, 1.82) is 0 Å². The van der Waals surface area contributed by atoms with Gasteiger partial charge < -0.3 is 29.7 Å². The minimum atomic E-state index is -1.40. The lowest BCUT2D eigenvalue weighted by Crippen LogP contribution is -2.55. The molecule has 254 valence electrons. The van der Waals surface area contributed by atoms with Crippen molar-refractivity contribution >= 4 is 29.4 Å². The van der Waals surface area contributed by atoms with Crippen LogP contribution in [0.25, 0.3) is 0 Å². The van der Waals surface area contributed by atoms with Gasteiger partial charge in [0.1, 0.15) is 23.7 Å². The van der Waals surface area contributed by atoms with Crippen molar-refractivity contribution in [3.63, 3.8) is 0 Å². The SMILES string of the molecule is Cc1cccc(C)c1N1CC=C[C@]23O[C@@H]4/C=C\CCC(=O)NC[C@@H](c5ccccc5)OC(=O)[C@@H]4[C@H]2C(=O)N(CCCCCCO)[C@@H]3C1=O. The van der Waals surface area contributed by atoms with Crippen LogP contribution in [0, 0.1) is 25.7 Å². The van der Waals surface area contributed by atoms with Gasteiger partial charge in [-0.15, -0.1) is 0 Å². The number of para-hydroxylation sites is 1. The number of fused-ring (bicyclic) bond motifs is 2. The summed E-state index contributed by atoms with van der Waals surface area (Å²) < 4.78 is 13.0. The molecule has 0 bridgehead atoms. The number of hydrogen-bond donors (Lipinski definition) is 2. The molecule has 0 aliphatic carbocycles. The van der Waals surface area contributed by atoms with Gasteiger partial charge in [0, 0.05) is 31.8 Å². The summed E-state index contributed by atoms with van der Waals surface area (Å²) in [7, 11) is 0. The lowest BCUT2D eigenvalue weighted by Gasteiger charge is -2.36. The van der Waals surface area contributed by atoms with E-state index in [2.05, 4.69) is 5.32 Å². The summed E-state index contributed by atoms with van der Waals surface area (Å²) in [4.78, 5) is 59.9. The van der Waals surface area contributed by atoms with Crippen molar-refractivity contribution < 1.29 is 33.8 Å². The van der Waals surface area contributed by atoms with Crippen molar-refractivity contribution in [2.45, 2.75) is 76.2 Å². The normalized spacial score (nSPS) is 29.6. The number of likely N-dealkylation sites (tertiary alicyclic amines) is 1. The number of hydrogen-bond acceptors (Lipinski definition) is 7. The zero-order valence-electron chi connectivity index (χ0n) is 27.7. The first-order valence-electron chi connectivity index (χ1n) is 17.1. The fourth-order valence-corrected chi connectivity index (χ4v) is 7.83. The van der Waals surface area contributed by atoms with E-state index in [0.717, 1.165) is 35.2 Å². The predicted octanol–water partition coefficient (Wildman–Crippen LogP) is 4.09. The molecule has 6 rings (SSSR count). The minimum Gasteiger partial charge on any atom is -0.455 e. The average molecular weight is 656 g/mol. The number of rotatable bonds is 8. The summed E-state index contributed by atoms with van der Waals surface area (Å²) in [6.07, 6.45) is 9.21. The Morgan fingerprint density at radius 1 is 0.917 bits per heavy atom. The number of aliphatic hydroxyl groups is 1. The van der Waals surface area contributed by atoms with Crippen LogP contribution in [0.1, 0.15) is 61.3 Å². The van der Waals surface area contributed by atoms with Gasteiger partial charge in [-0.3, -0.25) is 19.2 Å². The molecule has 4 aliphatic heterocycles. The Bertz CT molecular complexity index is 1570. The molecule has 0 aromatic heterocycles. The van der Waals surface area contributed by atoms with Crippen molar-refractivity contribution in [3.8, 4) is 0 Å². The maximum Gasteiger partial charge on any atom is 0.313 e. The topological polar surface area (TPSA) is 125 Å². The van der Waals surface area contributed by atoms with Gasteiger partial charge in [0.25, 0.3) is 5.91 Å². The number of nitrogens with zero attached hydrogens (tertiary/aromatic N) is 2. The standard InChI is InChI=1S/C38H45N3O7/c1-25-14-12-15-26(2)33(25)40-22-13-20-38-32(35(44)41(34(38)36(40)45)21-10-3-4-11-23-42)31-28(48-38)18-8-9-19-30(43)39-24-29(47-37(31)46)27-16-6-5-7-17-27/h5-8,12-18,20,28-29,31-32,34,42H,3-4,9-11,19,21-24H2,1-2H3,(H,39,43)/b18-8-/t28-,29+,31+,32+,34-,38+/m1/s1. The van der Waals surface area contributed by atoms with Crippen molar-refractivity contribution in [2.75, 3.05) is 31.1 Å². The number of carbonyl (C=O) groups is 4. The van der Waals surface area contributed by atoms with Gasteiger partial charge >= 0.3 is 5.97 Å². The molecule has 0 saturated carbocycles. The third kappa shape index (κ3) is 6.31. The van der Waals surface area contributed by atoms with Crippen LogP contribution in [0.15, 0.2) is 72.8 Å². The molecule has 4 heterocycles. The number of amides is 3. The molecule has 10 heteroatoms. The van der Waals surface area contributed by atoms with E-state index in [1.54, 1.807) is 15.9 Å². The number of allylic oxidation sites excluding steroid dienone is 1. The van der Waals surface area contributed by atoms with Crippen molar-refractivity contribution in [1.82, 2.24) is 10.2 Å². The fraction of sp³-hybridized carbons (Fsp3) is 0.474. The molecular formula is C38H45N3O7. The molecule has 2 fully saturated rings. The molecule has 2 N–H and O–H groups in total. The molecule has 48 heavy (non-hydrogen) atoms. The molecule has 0 radical (unpaired) electrons. The summed E-state index contributed by atoms with van der Waals surface area (Å²) in [6, 6.07) is 14.1. The smallest absolute Gasteiger partial charge is 0.313 e. The molecular weight excluding hydrogens is 610 g/mol. The van der Waals surface area contributed by atoms with Gasteiger partial charge in [-0.1, -0.05) is 85.7 Å². The lowest BCUT2D eigenvalue weighted by molar-refractivity contribution is -0.159. The summed E-state index contributed by atoms with van der Waals surface area (Å²) in [5.74, 6) is -3.34. The van der Waals surface area contributed by atoms with Crippen LogP contribution >= 0.6 is 0 Å².